The smallest absolute Gasteiger partial charge is 0.124 e. The summed E-state index contributed by atoms with van der Waals surface area (Å²) in [6.07, 6.45) is 14.3. The largest absolute Gasteiger partial charge is 0.360 e. The number of ether oxygens (including phenoxy) is 1. The Balaban J connectivity index is 1.53. The number of imidazole rings is 1. The summed E-state index contributed by atoms with van der Waals surface area (Å²) in [6.45, 7) is 3.17. The van der Waals surface area contributed by atoms with E-state index >= 15 is 0 Å². The van der Waals surface area contributed by atoms with Crippen LogP contribution in [0.1, 0.15) is 5.69 Å². The summed E-state index contributed by atoms with van der Waals surface area (Å²) in [4.78, 5) is 14.3. The minimum absolute atomic E-state index is 0.438. The fourth-order valence-electron chi connectivity index (χ4n) is 3.95. The van der Waals surface area contributed by atoms with Crippen molar-refractivity contribution < 1.29 is 4.74 Å². The van der Waals surface area contributed by atoms with Crippen molar-refractivity contribution in [2.45, 2.75) is 13.7 Å². The molecule has 180 valence electrons. The fraction of sp³-hybridized carbons (Fsp3) is 0.259. The lowest BCUT2D eigenvalue weighted by Gasteiger charge is -2.24. The molecule has 0 radical (unpaired) electrons. The Hall–Kier alpha value is -3.49. The van der Waals surface area contributed by atoms with Gasteiger partial charge in [0.25, 0.3) is 0 Å². The maximum Gasteiger partial charge on any atom is 0.124 e. The van der Waals surface area contributed by atoms with Crippen LogP contribution in [0.3, 0.4) is 0 Å². The molecule has 0 aliphatic carbocycles. The zero-order chi connectivity index (χ0) is 24.4. The first-order chi connectivity index (χ1) is 16.9. The highest BCUT2D eigenvalue weighted by atomic mass is 32.3. The van der Waals surface area contributed by atoms with Gasteiger partial charge in [0.2, 0.25) is 0 Å². The van der Waals surface area contributed by atoms with Crippen LogP contribution < -0.4 is 0 Å². The number of hydrogen-bond acceptors (Lipinski definition) is 5. The third kappa shape index (κ3) is 5.28. The molecule has 0 bridgehead atoms. The van der Waals surface area contributed by atoms with Crippen LogP contribution in [0.25, 0.3) is 44.7 Å². The van der Waals surface area contributed by atoms with E-state index < -0.39 is 10.0 Å². The number of aryl methyl sites for hydroxylation is 1. The molecule has 4 aromatic heterocycles. The lowest BCUT2D eigenvalue weighted by atomic mass is 10.0. The molecule has 0 fully saturated rings. The quantitative estimate of drug-likeness (QED) is 0.292. The zero-order valence-electron chi connectivity index (χ0n) is 20.5. The van der Waals surface area contributed by atoms with E-state index in [1.54, 1.807) is 6.20 Å². The number of aromatic amines is 1. The average Bonchev–Trinajstić information content (AvgIpc) is 3.51. The molecule has 0 amide bonds. The number of pyridine rings is 2. The van der Waals surface area contributed by atoms with E-state index in [1.807, 2.05) is 49.9 Å². The number of H-pyrrole nitrogens is 1. The van der Waals surface area contributed by atoms with E-state index in [9.17, 15) is 0 Å². The van der Waals surface area contributed by atoms with Crippen molar-refractivity contribution in [3.63, 3.8) is 0 Å². The summed E-state index contributed by atoms with van der Waals surface area (Å²) in [7, 11) is -0.599. The summed E-state index contributed by atoms with van der Waals surface area (Å²) < 4.78 is 8.12. The van der Waals surface area contributed by atoms with Gasteiger partial charge in [0, 0.05) is 45.9 Å². The highest BCUT2D eigenvalue weighted by Crippen LogP contribution is 2.35. The van der Waals surface area contributed by atoms with Gasteiger partial charge in [-0.25, -0.2) is 15.0 Å². The van der Waals surface area contributed by atoms with E-state index in [4.69, 9.17) is 14.7 Å². The summed E-state index contributed by atoms with van der Waals surface area (Å²) >= 11 is 0. The number of nitrogens with one attached hydrogen (secondary N) is 1. The Morgan fingerprint density at radius 3 is 2.60 bits per heavy atom. The summed E-state index contributed by atoms with van der Waals surface area (Å²) in [5.41, 5.74) is 7.65. The van der Waals surface area contributed by atoms with Crippen molar-refractivity contribution in [2.75, 3.05) is 31.1 Å². The highest BCUT2D eigenvalue weighted by molar-refractivity contribution is 8.32. The molecule has 1 N–H and O–H groups in total. The van der Waals surface area contributed by atoms with E-state index in [1.165, 1.54) is 0 Å². The second kappa shape index (κ2) is 9.64. The van der Waals surface area contributed by atoms with E-state index in [0.29, 0.717) is 6.73 Å². The van der Waals surface area contributed by atoms with E-state index in [-0.39, 0.29) is 0 Å². The van der Waals surface area contributed by atoms with Crippen LogP contribution in [0.15, 0.2) is 67.4 Å². The van der Waals surface area contributed by atoms with Crippen molar-refractivity contribution >= 4 is 20.9 Å². The molecule has 1 aromatic carbocycles. The molecule has 0 unspecified atom stereocenters. The first-order valence-corrected chi connectivity index (χ1v) is 14.5. The minimum atomic E-state index is -0.599. The average molecular weight is 487 g/mol. The van der Waals surface area contributed by atoms with E-state index in [2.05, 4.69) is 56.7 Å². The molecule has 35 heavy (non-hydrogen) atoms. The summed E-state index contributed by atoms with van der Waals surface area (Å²) in [5, 5.41) is 7.97. The van der Waals surface area contributed by atoms with Crippen molar-refractivity contribution in [1.82, 2.24) is 29.7 Å². The van der Waals surface area contributed by atoms with Gasteiger partial charge >= 0.3 is 0 Å². The Kier molecular flexibility index (Phi) is 6.40. The van der Waals surface area contributed by atoms with Crippen molar-refractivity contribution in [2.24, 2.45) is 0 Å². The number of nitrogens with zero attached hydrogens (tertiary/aromatic N) is 5. The number of rotatable bonds is 8. The molecule has 4 heterocycles. The third-order valence-corrected chi connectivity index (χ3v) is 7.22. The second-order valence-corrected chi connectivity index (χ2v) is 14.1. The lowest BCUT2D eigenvalue weighted by molar-refractivity contribution is 0.0906. The van der Waals surface area contributed by atoms with Gasteiger partial charge in [-0.2, -0.15) is 5.10 Å². The van der Waals surface area contributed by atoms with Gasteiger partial charge in [0.15, 0.2) is 0 Å². The number of hydrogen-bond donors (Lipinski definition) is 1. The van der Waals surface area contributed by atoms with Crippen LogP contribution in [0.5, 0.6) is 0 Å². The minimum Gasteiger partial charge on any atom is -0.360 e. The van der Waals surface area contributed by atoms with Gasteiger partial charge < -0.3 is 9.30 Å². The molecule has 0 aliphatic heterocycles. The van der Waals surface area contributed by atoms with Gasteiger partial charge in [0.05, 0.1) is 41.7 Å². The van der Waals surface area contributed by atoms with Gasteiger partial charge in [0.1, 0.15) is 6.73 Å². The molecule has 5 aromatic rings. The number of aromatic nitrogens is 6. The molecule has 8 heteroatoms. The number of benzene rings is 1. The van der Waals surface area contributed by atoms with Crippen LogP contribution in [0, 0.1) is 6.92 Å². The maximum atomic E-state index is 6.06. The predicted octanol–water partition coefficient (Wildman–Crippen LogP) is 5.53. The normalized spacial score (nSPS) is 12.3. The summed E-state index contributed by atoms with van der Waals surface area (Å²) in [5.74, 6) is 1.07. The van der Waals surface area contributed by atoms with Crippen molar-refractivity contribution in [3.8, 4) is 33.8 Å². The fourth-order valence-corrected chi connectivity index (χ4v) is 4.57. The first kappa shape index (κ1) is 23.3. The van der Waals surface area contributed by atoms with Gasteiger partial charge in [-0.1, -0.05) is 12.1 Å². The van der Waals surface area contributed by atoms with Crippen molar-refractivity contribution in [3.05, 3.63) is 73.1 Å². The maximum absolute atomic E-state index is 6.06. The van der Waals surface area contributed by atoms with Crippen LogP contribution in [0.4, 0.5) is 0 Å². The number of fused-ring (bicyclic) bond motifs is 1. The van der Waals surface area contributed by atoms with Crippen LogP contribution in [0.2, 0.25) is 0 Å². The molecule has 5 rings (SSSR count). The Labute approximate surface area is 206 Å². The molecule has 0 spiro atoms. The molecule has 0 saturated carbocycles. The van der Waals surface area contributed by atoms with Gasteiger partial charge in [-0.05, 0) is 56.0 Å². The standard InChI is InChI=1S/C27H30N6OS/c1-19-6-5-7-25(32-19)27-26(29-17-33(27)18-34-10-11-35(2,3)4)20-8-9-24-21(12-20)13-22(14-28-24)23-15-30-31-16-23/h5-9,12-17H,10-11,18H2,1-4H3,(H,30,31). The van der Waals surface area contributed by atoms with Crippen LogP contribution in [-0.2, 0) is 11.5 Å². The van der Waals surface area contributed by atoms with Crippen LogP contribution >= 0.6 is 10.0 Å². The second-order valence-electron chi connectivity index (χ2n) is 9.53. The Morgan fingerprint density at radius 2 is 1.83 bits per heavy atom. The van der Waals surface area contributed by atoms with E-state index in [0.717, 1.165) is 62.7 Å². The highest BCUT2D eigenvalue weighted by Gasteiger charge is 2.17. The van der Waals surface area contributed by atoms with Gasteiger partial charge in [-0.15, -0.1) is 0 Å². The molecular weight excluding hydrogens is 456 g/mol. The van der Waals surface area contributed by atoms with Gasteiger partial charge in [-0.3, -0.25) is 15.1 Å². The Bertz CT molecular complexity index is 1450. The first-order valence-electron chi connectivity index (χ1n) is 11.5. The molecule has 0 aliphatic rings. The summed E-state index contributed by atoms with van der Waals surface area (Å²) in [6, 6.07) is 14.5. The predicted molar refractivity (Wildman–Crippen MR) is 145 cm³/mol. The van der Waals surface area contributed by atoms with Crippen molar-refractivity contribution in [1.29, 1.82) is 0 Å². The Morgan fingerprint density at radius 1 is 0.971 bits per heavy atom. The van der Waals surface area contributed by atoms with Crippen LogP contribution in [-0.4, -0.2) is 60.8 Å². The molecule has 0 saturated heterocycles. The molecule has 0 atom stereocenters. The topological polar surface area (TPSA) is 81.5 Å². The SMILES string of the molecule is Cc1cccc(-c2c(-c3ccc4ncc(-c5cn[nH]c5)cc4c3)ncn2COCCS(C)(C)C)n1. The zero-order valence-corrected chi connectivity index (χ0v) is 21.3. The third-order valence-electron chi connectivity index (χ3n) is 5.83. The lowest BCUT2D eigenvalue weighted by Crippen LogP contribution is -2.10. The molecular formula is C27H30N6OS. The molecule has 7 nitrogen and oxygen atoms in total. The monoisotopic (exact) mass is 486 g/mol.